The highest BCUT2D eigenvalue weighted by atomic mass is 32.2. The third-order valence-corrected chi connectivity index (χ3v) is 5.48. The molecule has 1 unspecified atom stereocenters. The van der Waals surface area contributed by atoms with E-state index < -0.39 is 23.5 Å². The maximum absolute atomic E-state index is 13.3. The number of hydrogen-bond donors (Lipinski definition) is 0. The highest BCUT2D eigenvalue weighted by molar-refractivity contribution is 7.98. The third-order valence-electron chi connectivity index (χ3n) is 4.70. The van der Waals surface area contributed by atoms with Gasteiger partial charge >= 0.3 is 0 Å². The Morgan fingerprint density at radius 3 is 2.44 bits per heavy atom. The fourth-order valence-corrected chi connectivity index (χ4v) is 3.98. The SMILES string of the molecule is CCCN(C(=O)C1C(=O)c2c(SC)cccc2N(C)C1=O)c1ccccc1. The van der Waals surface area contributed by atoms with Crippen LogP contribution in [0.3, 0.4) is 0 Å². The van der Waals surface area contributed by atoms with Gasteiger partial charge in [0.05, 0.1) is 11.3 Å². The lowest BCUT2D eigenvalue weighted by molar-refractivity contribution is -0.130. The summed E-state index contributed by atoms with van der Waals surface area (Å²) in [5, 5.41) is 0. The second-order valence-electron chi connectivity index (χ2n) is 6.37. The van der Waals surface area contributed by atoms with Crippen molar-refractivity contribution in [1.29, 1.82) is 0 Å². The van der Waals surface area contributed by atoms with Gasteiger partial charge in [0.1, 0.15) is 0 Å². The van der Waals surface area contributed by atoms with Gasteiger partial charge in [-0.2, -0.15) is 0 Å². The summed E-state index contributed by atoms with van der Waals surface area (Å²) >= 11 is 1.44. The van der Waals surface area contributed by atoms with E-state index in [0.717, 1.165) is 11.3 Å². The molecule has 1 aliphatic heterocycles. The molecule has 0 N–H and O–H groups in total. The zero-order chi connectivity index (χ0) is 19.6. The van der Waals surface area contributed by atoms with Crippen LogP contribution in [0.5, 0.6) is 0 Å². The molecule has 0 spiro atoms. The van der Waals surface area contributed by atoms with Crippen molar-refractivity contribution < 1.29 is 14.4 Å². The Labute approximate surface area is 163 Å². The van der Waals surface area contributed by atoms with E-state index in [1.165, 1.54) is 16.7 Å². The van der Waals surface area contributed by atoms with E-state index in [0.29, 0.717) is 23.5 Å². The molecular formula is C21H22N2O3S. The molecule has 2 aromatic carbocycles. The minimum Gasteiger partial charge on any atom is -0.314 e. The lowest BCUT2D eigenvalue weighted by atomic mass is 9.89. The summed E-state index contributed by atoms with van der Waals surface area (Å²) in [6, 6.07) is 14.6. The summed E-state index contributed by atoms with van der Waals surface area (Å²) in [6.07, 6.45) is 2.60. The van der Waals surface area contributed by atoms with E-state index in [2.05, 4.69) is 0 Å². The first-order valence-electron chi connectivity index (χ1n) is 8.86. The second-order valence-corrected chi connectivity index (χ2v) is 7.22. The van der Waals surface area contributed by atoms with Gasteiger partial charge in [-0.25, -0.2) is 0 Å². The summed E-state index contributed by atoms with van der Waals surface area (Å²) in [6.45, 7) is 2.40. The molecule has 0 radical (unpaired) electrons. The van der Waals surface area contributed by atoms with E-state index in [-0.39, 0.29) is 0 Å². The van der Waals surface area contributed by atoms with Crippen molar-refractivity contribution in [2.24, 2.45) is 5.92 Å². The van der Waals surface area contributed by atoms with Gasteiger partial charge in [-0.15, -0.1) is 11.8 Å². The van der Waals surface area contributed by atoms with Crippen LogP contribution < -0.4 is 9.80 Å². The van der Waals surface area contributed by atoms with Crippen LogP contribution in [0.25, 0.3) is 0 Å². The second kappa shape index (κ2) is 7.96. The number of fused-ring (bicyclic) bond motifs is 1. The summed E-state index contributed by atoms with van der Waals surface area (Å²) in [7, 11) is 1.62. The van der Waals surface area contributed by atoms with E-state index in [1.54, 1.807) is 18.0 Å². The molecule has 6 heteroatoms. The van der Waals surface area contributed by atoms with E-state index in [1.807, 2.05) is 55.6 Å². The zero-order valence-electron chi connectivity index (χ0n) is 15.6. The van der Waals surface area contributed by atoms with Gasteiger partial charge in [0, 0.05) is 24.2 Å². The van der Waals surface area contributed by atoms with Crippen molar-refractivity contribution in [2.75, 3.05) is 29.6 Å². The van der Waals surface area contributed by atoms with Gasteiger partial charge in [0.2, 0.25) is 11.8 Å². The lowest BCUT2D eigenvalue weighted by Crippen LogP contribution is -2.51. The minimum atomic E-state index is -1.34. The summed E-state index contributed by atoms with van der Waals surface area (Å²) in [5.41, 5.74) is 1.70. The van der Waals surface area contributed by atoms with Crippen molar-refractivity contribution in [3.8, 4) is 0 Å². The topological polar surface area (TPSA) is 57.7 Å². The van der Waals surface area contributed by atoms with Gasteiger partial charge in [0.15, 0.2) is 11.7 Å². The number of benzene rings is 2. The standard InChI is InChI=1S/C21H22N2O3S/c1-4-13-23(14-9-6-5-7-10-14)21(26)18-19(24)17-15(22(2)20(18)25)11-8-12-16(17)27-3/h5-12,18H,4,13H2,1-3H3. The first-order chi connectivity index (χ1) is 13.0. The van der Waals surface area contributed by atoms with Crippen LogP contribution in [0, 0.1) is 5.92 Å². The average molecular weight is 382 g/mol. The Morgan fingerprint density at radius 1 is 1.11 bits per heavy atom. The molecular weight excluding hydrogens is 360 g/mol. The molecule has 2 aromatic rings. The minimum absolute atomic E-state index is 0.417. The van der Waals surface area contributed by atoms with Gasteiger partial charge < -0.3 is 9.80 Å². The highest BCUT2D eigenvalue weighted by Crippen LogP contribution is 2.36. The number of hydrogen-bond acceptors (Lipinski definition) is 4. The van der Waals surface area contributed by atoms with Crippen LogP contribution in [-0.4, -0.2) is 37.4 Å². The summed E-state index contributed by atoms with van der Waals surface area (Å²) < 4.78 is 0. The van der Waals surface area contributed by atoms with Crippen LogP contribution in [-0.2, 0) is 9.59 Å². The van der Waals surface area contributed by atoms with E-state index in [9.17, 15) is 14.4 Å². The molecule has 0 saturated heterocycles. The smallest absolute Gasteiger partial charge is 0.247 e. The summed E-state index contributed by atoms with van der Waals surface area (Å²) in [5.74, 6) is -2.71. The molecule has 0 saturated carbocycles. The maximum atomic E-state index is 13.3. The normalized spacial score (nSPS) is 16.3. The number of para-hydroxylation sites is 1. The fourth-order valence-electron chi connectivity index (χ4n) is 3.36. The number of nitrogens with zero attached hydrogens (tertiary/aromatic N) is 2. The molecule has 1 aliphatic rings. The van der Waals surface area contributed by atoms with Crippen LogP contribution in [0.1, 0.15) is 23.7 Å². The Kier molecular flexibility index (Phi) is 5.65. The number of carbonyl (C=O) groups excluding carboxylic acids is 3. The van der Waals surface area contributed by atoms with Crippen molar-refractivity contribution in [1.82, 2.24) is 0 Å². The molecule has 1 atom stereocenters. The number of rotatable bonds is 5. The quantitative estimate of drug-likeness (QED) is 0.585. The predicted octanol–water partition coefficient (Wildman–Crippen LogP) is 3.63. The number of Topliss-reactive ketones (excluding diaryl/α,β-unsaturated/α-hetero) is 1. The van der Waals surface area contributed by atoms with Crippen molar-refractivity contribution in [3.05, 3.63) is 54.1 Å². The number of anilines is 2. The first-order valence-corrected chi connectivity index (χ1v) is 10.1. The van der Waals surface area contributed by atoms with Crippen LogP contribution in [0.2, 0.25) is 0 Å². The molecule has 2 amide bonds. The van der Waals surface area contributed by atoms with E-state index in [4.69, 9.17) is 0 Å². The van der Waals surface area contributed by atoms with Gasteiger partial charge in [0.25, 0.3) is 0 Å². The van der Waals surface area contributed by atoms with Crippen LogP contribution in [0.15, 0.2) is 53.4 Å². The zero-order valence-corrected chi connectivity index (χ0v) is 16.5. The average Bonchev–Trinajstić information content (AvgIpc) is 2.70. The number of ketones is 1. The highest BCUT2D eigenvalue weighted by Gasteiger charge is 2.45. The molecule has 0 aromatic heterocycles. The first kappa shape index (κ1) is 19.2. The Hall–Kier alpha value is -2.60. The van der Waals surface area contributed by atoms with Gasteiger partial charge in [-0.3, -0.25) is 14.4 Å². The van der Waals surface area contributed by atoms with Crippen LogP contribution >= 0.6 is 11.8 Å². The fraction of sp³-hybridized carbons (Fsp3) is 0.286. The molecule has 5 nitrogen and oxygen atoms in total. The molecule has 27 heavy (non-hydrogen) atoms. The van der Waals surface area contributed by atoms with Gasteiger partial charge in [-0.1, -0.05) is 31.2 Å². The largest absolute Gasteiger partial charge is 0.314 e. The van der Waals surface area contributed by atoms with E-state index >= 15 is 0 Å². The summed E-state index contributed by atoms with van der Waals surface area (Å²) in [4.78, 5) is 43.2. The van der Waals surface area contributed by atoms with Crippen molar-refractivity contribution in [2.45, 2.75) is 18.2 Å². The molecule has 0 fully saturated rings. The number of carbonyl (C=O) groups is 3. The molecule has 140 valence electrons. The molecule has 0 aliphatic carbocycles. The third kappa shape index (κ3) is 3.37. The Morgan fingerprint density at radius 2 is 1.81 bits per heavy atom. The van der Waals surface area contributed by atoms with Crippen molar-refractivity contribution in [3.63, 3.8) is 0 Å². The van der Waals surface area contributed by atoms with Gasteiger partial charge in [-0.05, 0) is 36.9 Å². The Balaban J connectivity index is 2.06. The number of amides is 2. The monoisotopic (exact) mass is 382 g/mol. The maximum Gasteiger partial charge on any atom is 0.247 e. The lowest BCUT2D eigenvalue weighted by Gasteiger charge is -2.33. The number of thioether (sulfide) groups is 1. The molecule has 0 bridgehead atoms. The predicted molar refractivity (Wildman–Crippen MR) is 109 cm³/mol. The molecule has 3 rings (SSSR count). The Bertz CT molecular complexity index is 882. The molecule has 1 heterocycles. The van der Waals surface area contributed by atoms with Crippen LogP contribution in [0.4, 0.5) is 11.4 Å². The van der Waals surface area contributed by atoms with Crippen molar-refractivity contribution >= 4 is 40.7 Å².